The summed E-state index contributed by atoms with van der Waals surface area (Å²) in [6.45, 7) is 6.90. The van der Waals surface area contributed by atoms with Crippen LogP contribution in [0.15, 0.2) is 30.3 Å². The molecule has 0 spiro atoms. The first-order valence-electron chi connectivity index (χ1n) is 4.47. The van der Waals surface area contributed by atoms with Crippen LogP contribution in [0.25, 0.3) is 0 Å². The van der Waals surface area contributed by atoms with Gasteiger partial charge in [0.2, 0.25) is 0 Å². The highest BCUT2D eigenvalue weighted by molar-refractivity contribution is 7.39. The molecule has 1 atom stereocenters. The number of benzene rings is 1. The maximum Gasteiger partial charge on any atom is 0.00697 e. The average molecular weight is 180 g/mol. The van der Waals surface area contributed by atoms with Crippen LogP contribution in [0.1, 0.15) is 26.3 Å². The van der Waals surface area contributed by atoms with E-state index in [4.69, 9.17) is 0 Å². The van der Waals surface area contributed by atoms with Crippen molar-refractivity contribution in [3.8, 4) is 0 Å². The molecule has 0 aliphatic carbocycles. The largest absolute Gasteiger partial charge is 0.112 e. The summed E-state index contributed by atoms with van der Waals surface area (Å²) in [5, 5.41) is 0.371. The molecule has 0 nitrogen and oxygen atoms in total. The lowest BCUT2D eigenvalue weighted by molar-refractivity contribution is 0.772. The van der Waals surface area contributed by atoms with Crippen molar-refractivity contribution in [2.24, 2.45) is 0 Å². The summed E-state index contributed by atoms with van der Waals surface area (Å²) < 4.78 is 0. The first-order valence-corrected chi connectivity index (χ1v) is 5.68. The van der Waals surface area contributed by atoms with E-state index in [9.17, 15) is 0 Å². The lowest BCUT2D eigenvalue weighted by atomic mass is 10.0. The van der Waals surface area contributed by atoms with E-state index in [1.807, 2.05) is 0 Å². The number of hydrogen-bond donors (Lipinski definition) is 0. The second-order valence-corrected chi connectivity index (χ2v) is 5.83. The molecule has 0 saturated heterocycles. The van der Waals surface area contributed by atoms with Crippen LogP contribution in [0, 0.1) is 0 Å². The topological polar surface area (TPSA) is 0 Å². The average Bonchev–Trinajstić information content (AvgIpc) is 2.06. The van der Waals surface area contributed by atoms with Crippen molar-refractivity contribution in [3.63, 3.8) is 0 Å². The molecule has 0 aliphatic rings. The molecule has 0 aromatic heterocycles. The Hall–Kier alpha value is -0.350. The summed E-state index contributed by atoms with van der Waals surface area (Å²) in [6.07, 6.45) is 1.28. The van der Waals surface area contributed by atoms with Crippen molar-refractivity contribution >= 4 is 8.58 Å². The van der Waals surface area contributed by atoms with Crippen molar-refractivity contribution in [1.29, 1.82) is 0 Å². The van der Waals surface area contributed by atoms with Gasteiger partial charge in [-0.15, -0.1) is 8.58 Å². The molecule has 1 unspecified atom stereocenters. The maximum absolute atomic E-state index is 2.32. The molecule has 0 bridgehead atoms. The Labute approximate surface area is 77.2 Å². The monoisotopic (exact) mass is 180 g/mol. The summed E-state index contributed by atoms with van der Waals surface area (Å²) in [5.41, 5.74) is 1.46. The molecule has 0 fully saturated rings. The molecule has 1 aromatic carbocycles. The Morgan fingerprint density at radius 3 is 2.25 bits per heavy atom. The molecular formula is C11H17P. The van der Waals surface area contributed by atoms with E-state index >= 15 is 0 Å². The molecule has 1 aromatic rings. The van der Waals surface area contributed by atoms with Crippen molar-refractivity contribution in [2.75, 3.05) is 6.16 Å². The molecule has 0 aliphatic heterocycles. The SMILES string of the molecule is CCPC(C)(C)c1ccccc1. The zero-order valence-electron chi connectivity index (χ0n) is 8.09. The third-order valence-electron chi connectivity index (χ3n) is 2.11. The molecular weight excluding hydrogens is 163 g/mol. The van der Waals surface area contributed by atoms with Crippen molar-refractivity contribution < 1.29 is 0 Å². The Kier molecular flexibility index (Phi) is 3.29. The summed E-state index contributed by atoms with van der Waals surface area (Å²) in [5.74, 6) is 0. The molecule has 0 N–H and O–H groups in total. The molecule has 0 radical (unpaired) electrons. The molecule has 12 heavy (non-hydrogen) atoms. The van der Waals surface area contributed by atoms with Gasteiger partial charge in [-0.25, -0.2) is 0 Å². The Morgan fingerprint density at radius 2 is 1.75 bits per heavy atom. The minimum absolute atomic E-state index is 0.371. The van der Waals surface area contributed by atoms with Gasteiger partial charge in [0, 0.05) is 5.16 Å². The minimum Gasteiger partial charge on any atom is -0.112 e. The molecule has 0 saturated carbocycles. The Bertz CT molecular complexity index is 226. The van der Waals surface area contributed by atoms with Gasteiger partial charge in [-0.1, -0.05) is 51.1 Å². The van der Waals surface area contributed by atoms with Crippen LogP contribution in [0.4, 0.5) is 0 Å². The van der Waals surface area contributed by atoms with Crippen LogP contribution < -0.4 is 0 Å². The van der Waals surface area contributed by atoms with Crippen LogP contribution in [0.5, 0.6) is 0 Å². The van der Waals surface area contributed by atoms with E-state index in [1.165, 1.54) is 11.7 Å². The summed E-state index contributed by atoms with van der Waals surface area (Å²) in [4.78, 5) is 0. The van der Waals surface area contributed by atoms with E-state index in [0.29, 0.717) is 5.16 Å². The number of hydrogen-bond acceptors (Lipinski definition) is 0. The molecule has 1 rings (SSSR count). The summed E-state index contributed by atoms with van der Waals surface area (Å²) in [7, 11) is 1.02. The normalized spacial score (nSPS) is 12.6. The Balaban J connectivity index is 2.82. The highest BCUT2D eigenvalue weighted by Crippen LogP contribution is 2.40. The standard InChI is InChI=1S/C11H17P/c1-4-12-11(2,3)10-8-6-5-7-9-10/h5-9,12H,4H2,1-3H3. The van der Waals surface area contributed by atoms with Gasteiger partial charge in [-0.3, -0.25) is 0 Å². The van der Waals surface area contributed by atoms with Gasteiger partial charge in [-0.2, -0.15) is 0 Å². The second-order valence-electron chi connectivity index (χ2n) is 3.52. The van der Waals surface area contributed by atoms with Crippen LogP contribution in [0.2, 0.25) is 0 Å². The van der Waals surface area contributed by atoms with Crippen molar-refractivity contribution in [3.05, 3.63) is 35.9 Å². The molecule has 0 heterocycles. The quantitative estimate of drug-likeness (QED) is 0.623. The van der Waals surface area contributed by atoms with E-state index in [1.54, 1.807) is 0 Å². The van der Waals surface area contributed by atoms with Crippen LogP contribution in [-0.2, 0) is 5.16 Å². The van der Waals surface area contributed by atoms with E-state index in [2.05, 4.69) is 51.1 Å². The van der Waals surface area contributed by atoms with Gasteiger partial charge in [-0.05, 0) is 11.7 Å². The Morgan fingerprint density at radius 1 is 1.17 bits per heavy atom. The van der Waals surface area contributed by atoms with Crippen LogP contribution >= 0.6 is 8.58 Å². The second kappa shape index (κ2) is 4.05. The lowest BCUT2D eigenvalue weighted by Crippen LogP contribution is -2.09. The lowest BCUT2D eigenvalue weighted by Gasteiger charge is -2.24. The predicted octanol–water partition coefficient (Wildman–Crippen LogP) is 3.62. The highest BCUT2D eigenvalue weighted by Gasteiger charge is 2.17. The fourth-order valence-corrected chi connectivity index (χ4v) is 2.65. The first-order chi connectivity index (χ1) is 5.67. The van der Waals surface area contributed by atoms with Gasteiger partial charge in [0.25, 0.3) is 0 Å². The smallest absolute Gasteiger partial charge is 0.00697 e. The van der Waals surface area contributed by atoms with Gasteiger partial charge >= 0.3 is 0 Å². The van der Waals surface area contributed by atoms with E-state index < -0.39 is 0 Å². The third-order valence-corrected chi connectivity index (χ3v) is 3.64. The van der Waals surface area contributed by atoms with Gasteiger partial charge in [0.05, 0.1) is 0 Å². The zero-order valence-corrected chi connectivity index (χ0v) is 9.09. The summed E-state index contributed by atoms with van der Waals surface area (Å²) in [6, 6.07) is 10.8. The fraction of sp³-hybridized carbons (Fsp3) is 0.455. The van der Waals surface area contributed by atoms with Crippen LogP contribution in [-0.4, -0.2) is 6.16 Å². The van der Waals surface area contributed by atoms with Crippen molar-refractivity contribution in [1.82, 2.24) is 0 Å². The predicted molar refractivity (Wildman–Crippen MR) is 58.3 cm³/mol. The molecule has 0 amide bonds. The summed E-state index contributed by atoms with van der Waals surface area (Å²) >= 11 is 0. The third kappa shape index (κ3) is 2.32. The van der Waals surface area contributed by atoms with Gasteiger partial charge in [0.1, 0.15) is 0 Å². The van der Waals surface area contributed by atoms with Crippen LogP contribution in [0.3, 0.4) is 0 Å². The van der Waals surface area contributed by atoms with Gasteiger partial charge in [0.15, 0.2) is 0 Å². The maximum atomic E-state index is 2.32. The van der Waals surface area contributed by atoms with Crippen molar-refractivity contribution in [2.45, 2.75) is 25.9 Å². The van der Waals surface area contributed by atoms with E-state index in [0.717, 1.165) is 8.58 Å². The minimum atomic E-state index is 0.371. The fourth-order valence-electron chi connectivity index (χ4n) is 1.40. The first kappa shape index (κ1) is 9.74. The molecule has 1 heteroatoms. The highest BCUT2D eigenvalue weighted by atomic mass is 31.1. The molecule has 66 valence electrons. The van der Waals surface area contributed by atoms with E-state index in [-0.39, 0.29) is 0 Å². The zero-order chi connectivity index (χ0) is 9.03. The van der Waals surface area contributed by atoms with Gasteiger partial charge < -0.3 is 0 Å². The number of rotatable bonds is 3.